The van der Waals surface area contributed by atoms with Gasteiger partial charge in [-0.25, -0.2) is 4.98 Å². The molecule has 0 atom stereocenters. The number of thiazole rings is 1. The van der Waals surface area contributed by atoms with Gasteiger partial charge in [0, 0.05) is 28.1 Å². The van der Waals surface area contributed by atoms with Crippen molar-refractivity contribution in [3.63, 3.8) is 0 Å². The van der Waals surface area contributed by atoms with Crippen LogP contribution < -0.4 is 15.6 Å². The normalized spacial score (nSPS) is 13.2. The standard InChI is InChI=1S/C21H17F2N3O4S/c1-10-17(11-5-7-12(8-6-11)30-20(22)23)25-21(31-10)26-19(29)14-9-13-15(24-18(14)28)3-2-4-16(13)27/h5-9,20H,2-4H2,1H3,(H,24,28)(H,25,26,29). The van der Waals surface area contributed by atoms with Gasteiger partial charge in [-0.15, -0.1) is 11.3 Å². The van der Waals surface area contributed by atoms with Crippen LogP contribution in [0.5, 0.6) is 5.75 Å². The number of nitrogens with one attached hydrogen (secondary N) is 2. The lowest BCUT2D eigenvalue weighted by atomic mass is 9.93. The van der Waals surface area contributed by atoms with Crippen LogP contribution in [0.2, 0.25) is 0 Å². The van der Waals surface area contributed by atoms with E-state index in [2.05, 4.69) is 20.0 Å². The zero-order valence-electron chi connectivity index (χ0n) is 16.3. The molecule has 0 unspecified atom stereocenters. The van der Waals surface area contributed by atoms with Gasteiger partial charge >= 0.3 is 6.61 Å². The van der Waals surface area contributed by atoms with Crippen LogP contribution in [0.4, 0.5) is 13.9 Å². The lowest BCUT2D eigenvalue weighted by molar-refractivity contribution is -0.0498. The molecule has 31 heavy (non-hydrogen) atoms. The Hall–Kier alpha value is -3.40. The van der Waals surface area contributed by atoms with E-state index in [9.17, 15) is 23.2 Å². The minimum absolute atomic E-state index is 0.0290. The van der Waals surface area contributed by atoms with Gasteiger partial charge in [0.2, 0.25) is 0 Å². The Bertz CT molecular complexity index is 1220. The summed E-state index contributed by atoms with van der Waals surface area (Å²) in [5.74, 6) is -0.733. The van der Waals surface area contributed by atoms with Crippen LogP contribution in [0.15, 0.2) is 35.1 Å². The number of ether oxygens (including phenoxy) is 1. The minimum Gasteiger partial charge on any atom is -0.435 e. The summed E-state index contributed by atoms with van der Waals surface area (Å²) in [6, 6.07) is 7.33. The van der Waals surface area contributed by atoms with Gasteiger partial charge in [-0.3, -0.25) is 19.7 Å². The number of alkyl halides is 2. The predicted molar refractivity (Wildman–Crippen MR) is 111 cm³/mol. The van der Waals surface area contributed by atoms with E-state index in [1.54, 1.807) is 19.1 Å². The molecule has 3 aromatic rings. The lowest BCUT2D eigenvalue weighted by Crippen LogP contribution is -2.27. The number of H-pyrrole nitrogens is 1. The molecule has 1 aliphatic carbocycles. The number of aromatic amines is 1. The van der Waals surface area contributed by atoms with Crippen molar-refractivity contribution >= 4 is 28.2 Å². The van der Waals surface area contributed by atoms with Gasteiger partial charge in [-0.1, -0.05) is 0 Å². The van der Waals surface area contributed by atoms with Crippen molar-refractivity contribution in [1.29, 1.82) is 0 Å². The van der Waals surface area contributed by atoms with E-state index in [1.165, 1.54) is 29.5 Å². The van der Waals surface area contributed by atoms with Crippen LogP contribution in [-0.2, 0) is 6.42 Å². The molecule has 4 rings (SSSR count). The van der Waals surface area contributed by atoms with Crippen LogP contribution in [0, 0.1) is 6.92 Å². The Balaban J connectivity index is 1.56. The van der Waals surface area contributed by atoms with Gasteiger partial charge in [0.25, 0.3) is 11.5 Å². The molecule has 0 radical (unpaired) electrons. The number of hydrogen-bond donors (Lipinski definition) is 2. The first-order valence-corrected chi connectivity index (χ1v) is 10.3. The fourth-order valence-electron chi connectivity index (χ4n) is 3.42. The molecular formula is C21H17F2N3O4S. The average Bonchev–Trinajstić information content (AvgIpc) is 3.07. The third kappa shape index (κ3) is 4.38. The molecule has 2 N–H and O–H groups in total. The van der Waals surface area contributed by atoms with Gasteiger partial charge in [-0.2, -0.15) is 8.78 Å². The highest BCUT2D eigenvalue weighted by atomic mass is 32.1. The molecule has 1 aliphatic rings. The SMILES string of the molecule is Cc1sc(NC(=O)c2cc3c([nH]c2=O)CCCC3=O)nc1-c1ccc(OC(F)F)cc1. The molecule has 7 nitrogen and oxygen atoms in total. The number of halogens is 2. The molecular weight excluding hydrogens is 428 g/mol. The maximum atomic E-state index is 12.7. The quantitative estimate of drug-likeness (QED) is 0.614. The summed E-state index contributed by atoms with van der Waals surface area (Å²) in [7, 11) is 0. The van der Waals surface area contributed by atoms with E-state index in [0.717, 1.165) is 4.88 Å². The van der Waals surface area contributed by atoms with Crippen LogP contribution in [-0.4, -0.2) is 28.3 Å². The van der Waals surface area contributed by atoms with E-state index in [0.29, 0.717) is 41.8 Å². The first kappa shape index (κ1) is 20.9. The molecule has 0 aliphatic heterocycles. The van der Waals surface area contributed by atoms with Crippen molar-refractivity contribution in [3.8, 4) is 17.0 Å². The molecule has 160 valence electrons. The smallest absolute Gasteiger partial charge is 0.387 e. The molecule has 0 fully saturated rings. The number of hydrogen-bond acceptors (Lipinski definition) is 6. The summed E-state index contributed by atoms with van der Waals surface area (Å²) in [6.07, 6.45) is 1.65. The van der Waals surface area contributed by atoms with Crippen molar-refractivity contribution < 1.29 is 23.1 Å². The number of anilines is 1. The van der Waals surface area contributed by atoms with Gasteiger partial charge in [0.1, 0.15) is 11.3 Å². The number of Topliss-reactive ketones (excluding diaryl/α,β-unsaturated/α-hetero) is 1. The Morgan fingerprint density at radius 3 is 2.68 bits per heavy atom. The maximum Gasteiger partial charge on any atom is 0.387 e. The Kier molecular flexibility index (Phi) is 5.64. The number of rotatable bonds is 5. The molecule has 0 spiro atoms. The second-order valence-electron chi connectivity index (χ2n) is 6.96. The second-order valence-corrected chi connectivity index (χ2v) is 8.17. The van der Waals surface area contributed by atoms with Crippen molar-refractivity contribution in [1.82, 2.24) is 9.97 Å². The first-order chi connectivity index (χ1) is 14.8. The van der Waals surface area contributed by atoms with Crippen molar-refractivity contribution in [2.45, 2.75) is 32.8 Å². The third-order valence-electron chi connectivity index (χ3n) is 4.87. The number of pyridine rings is 1. The molecule has 0 saturated heterocycles. The highest BCUT2D eigenvalue weighted by Gasteiger charge is 2.23. The van der Waals surface area contributed by atoms with Gasteiger partial charge in [-0.05, 0) is 50.1 Å². The molecule has 2 aromatic heterocycles. The van der Waals surface area contributed by atoms with E-state index < -0.39 is 18.1 Å². The number of nitrogens with zero attached hydrogens (tertiary/aromatic N) is 1. The first-order valence-electron chi connectivity index (χ1n) is 9.45. The third-order valence-corrected chi connectivity index (χ3v) is 5.75. The number of carbonyl (C=O) groups excluding carboxylic acids is 2. The lowest BCUT2D eigenvalue weighted by Gasteiger charge is -2.14. The molecule has 1 amide bonds. The Labute approximate surface area is 179 Å². The molecule has 1 aromatic carbocycles. The summed E-state index contributed by atoms with van der Waals surface area (Å²) in [6.45, 7) is -1.10. The van der Waals surface area contributed by atoms with Crippen LogP contribution in [0.25, 0.3) is 11.3 Å². The van der Waals surface area contributed by atoms with Crippen molar-refractivity contribution in [3.05, 3.63) is 62.4 Å². The van der Waals surface area contributed by atoms with E-state index in [4.69, 9.17) is 0 Å². The number of ketones is 1. The minimum atomic E-state index is -2.91. The fraction of sp³-hybridized carbons (Fsp3) is 0.238. The van der Waals surface area contributed by atoms with E-state index in [1.807, 2.05) is 0 Å². The number of aromatic nitrogens is 2. The monoisotopic (exact) mass is 445 g/mol. The highest BCUT2D eigenvalue weighted by Crippen LogP contribution is 2.31. The maximum absolute atomic E-state index is 12.7. The largest absolute Gasteiger partial charge is 0.435 e. The summed E-state index contributed by atoms with van der Waals surface area (Å²) in [5.41, 5.74) is 1.44. The molecule has 10 heteroatoms. The number of benzene rings is 1. The second kappa shape index (κ2) is 8.38. The number of aryl methyl sites for hydroxylation is 2. The fourth-order valence-corrected chi connectivity index (χ4v) is 4.25. The summed E-state index contributed by atoms with van der Waals surface area (Å²) < 4.78 is 28.9. The van der Waals surface area contributed by atoms with Crippen molar-refractivity contribution in [2.75, 3.05) is 5.32 Å². The van der Waals surface area contributed by atoms with Crippen LogP contribution >= 0.6 is 11.3 Å². The average molecular weight is 445 g/mol. The van der Waals surface area contributed by atoms with Crippen LogP contribution in [0.1, 0.15) is 44.1 Å². The zero-order valence-corrected chi connectivity index (χ0v) is 17.1. The van der Waals surface area contributed by atoms with Gasteiger partial charge in [0.05, 0.1) is 5.69 Å². The highest BCUT2D eigenvalue weighted by molar-refractivity contribution is 7.16. The summed E-state index contributed by atoms with van der Waals surface area (Å²) in [5, 5.41) is 2.87. The summed E-state index contributed by atoms with van der Waals surface area (Å²) in [4.78, 5) is 44.9. The van der Waals surface area contributed by atoms with E-state index in [-0.39, 0.29) is 22.2 Å². The Morgan fingerprint density at radius 1 is 1.23 bits per heavy atom. The van der Waals surface area contributed by atoms with Gasteiger partial charge in [0.15, 0.2) is 10.9 Å². The number of carbonyl (C=O) groups is 2. The number of fused-ring (bicyclic) bond motifs is 1. The topological polar surface area (TPSA) is 101 Å². The predicted octanol–water partition coefficient (Wildman–Crippen LogP) is 4.18. The molecule has 0 saturated carbocycles. The van der Waals surface area contributed by atoms with E-state index >= 15 is 0 Å². The summed E-state index contributed by atoms with van der Waals surface area (Å²) >= 11 is 1.21. The van der Waals surface area contributed by atoms with Crippen LogP contribution in [0.3, 0.4) is 0 Å². The van der Waals surface area contributed by atoms with Gasteiger partial charge < -0.3 is 9.72 Å². The molecule has 0 bridgehead atoms. The number of amides is 1. The molecule has 2 heterocycles. The zero-order chi connectivity index (χ0) is 22.1. The Morgan fingerprint density at radius 2 is 1.97 bits per heavy atom. The van der Waals surface area contributed by atoms with Crippen molar-refractivity contribution in [2.24, 2.45) is 0 Å².